The van der Waals surface area contributed by atoms with Crippen LogP contribution < -0.4 is 0 Å². The van der Waals surface area contributed by atoms with E-state index in [2.05, 4.69) is 46.5 Å². The predicted molar refractivity (Wildman–Crippen MR) is 83.6 cm³/mol. The zero-order valence-corrected chi connectivity index (χ0v) is 13.4. The molecule has 0 aromatic rings. The van der Waals surface area contributed by atoms with Crippen molar-refractivity contribution in [1.29, 1.82) is 0 Å². The van der Waals surface area contributed by atoms with Crippen molar-refractivity contribution in [3.05, 3.63) is 0 Å². The Bertz CT molecular complexity index is 228. The SMILES string of the molecule is CCCCC#CCCC(CC)C(CC)(CC)CC. The quantitative estimate of drug-likeness (QED) is 0.337. The lowest BCUT2D eigenvalue weighted by atomic mass is 9.67. The molecule has 0 radical (unpaired) electrons. The largest absolute Gasteiger partial charge is 0.103 e. The standard InChI is InChI=1S/C18H34/c1-6-11-12-13-14-15-16-17(7-2)18(8-3,9-4)10-5/h17H,6-12,15-16H2,1-5H3. The minimum absolute atomic E-state index is 0.569. The van der Waals surface area contributed by atoms with Crippen molar-refractivity contribution in [3.8, 4) is 11.8 Å². The maximum atomic E-state index is 3.38. The van der Waals surface area contributed by atoms with Gasteiger partial charge in [0.05, 0.1) is 0 Å². The van der Waals surface area contributed by atoms with Crippen LogP contribution in [0.3, 0.4) is 0 Å². The van der Waals surface area contributed by atoms with Gasteiger partial charge in [-0.15, -0.1) is 11.8 Å². The molecular weight excluding hydrogens is 216 g/mol. The molecule has 0 aliphatic heterocycles. The summed E-state index contributed by atoms with van der Waals surface area (Å²) in [6.07, 6.45) is 11.3. The highest BCUT2D eigenvalue weighted by Crippen LogP contribution is 2.42. The van der Waals surface area contributed by atoms with E-state index in [1.165, 1.54) is 44.9 Å². The van der Waals surface area contributed by atoms with Gasteiger partial charge in [-0.3, -0.25) is 0 Å². The molecule has 0 rings (SSSR count). The van der Waals surface area contributed by atoms with Gasteiger partial charge in [0.2, 0.25) is 0 Å². The smallest absolute Gasteiger partial charge is 0.00915 e. The molecule has 0 saturated heterocycles. The molecule has 0 N–H and O–H groups in total. The van der Waals surface area contributed by atoms with Crippen LogP contribution in [-0.2, 0) is 0 Å². The van der Waals surface area contributed by atoms with Crippen molar-refractivity contribution in [2.24, 2.45) is 11.3 Å². The summed E-state index contributed by atoms with van der Waals surface area (Å²) in [4.78, 5) is 0. The second kappa shape index (κ2) is 10.5. The Hall–Kier alpha value is -0.440. The molecule has 1 unspecified atom stereocenters. The summed E-state index contributed by atoms with van der Waals surface area (Å²) < 4.78 is 0. The molecule has 0 spiro atoms. The van der Waals surface area contributed by atoms with Crippen molar-refractivity contribution < 1.29 is 0 Å². The van der Waals surface area contributed by atoms with Gasteiger partial charge in [-0.25, -0.2) is 0 Å². The number of rotatable bonds is 9. The zero-order valence-electron chi connectivity index (χ0n) is 13.4. The van der Waals surface area contributed by atoms with Crippen LogP contribution in [0, 0.1) is 23.2 Å². The van der Waals surface area contributed by atoms with E-state index in [9.17, 15) is 0 Å². The highest BCUT2D eigenvalue weighted by Gasteiger charge is 2.31. The van der Waals surface area contributed by atoms with E-state index in [0.717, 1.165) is 18.8 Å². The summed E-state index contributed by atoms with van der Waals surface area (Å²) >= 11 is 0. The summed E-state index contributed by atoms with van der Waals surface area (Å²) in [5.41, 5.74) is 0.569. The van der Waals surface area contributed by atoms with E-state index in [0.29, 0.717) is 5.41 Å². The fraction of sp³-hybridized carbons (Fsp3) is 0.889. The highest BCUT2D eigenvalue weighted by atomic mass is 14.4. The topological polar surface area (TPSA) is 0 Å². The summed E-state index contributed by atoms with van der Waals surface area (Å²) in [5.74, 6) is 7.56. The molecule has 1 atom stereocenters. The minimum Gasteiger partial charge on any atom is -0.103 e. The van der Waals surface area contributed by atoms with Gasteiger partial charge in [0.15, 0.2) is 0 Å². The molecule has 0 amide bonds. The van der Waals surface area contributed by atoms with Crippen molar-refractivity contribution in [2.75, 3.05) is 0 Å². The summed E-state index contributed by atoms with van der Waals surface area (Å²) in [5, 5.41) is 0. The summed E-state index contributed by atoms with van der Waals surface area (Å²) in [7, 11) is 0. The highest BCUT2D eigenvalue weighted by molar-refractivity contribution is 4.99. The van der Waals surface area contributed by atoms with Crippen LogP contribution in [0.4, 0.5) is 0 Å². The summed E-state index contributed by atoms with van der Waals surface area (Å²) in [6, 6.07) is 0. The maximum absolute atomic E-state index is 3.38. The molecule has 0 heterocycles. The van der Waals surface area contributed by atoms with Crippen molar-refractivity contribution in [3.63, 3.8) is 0 Å². The lowest BCUT2D eigenvalue weighted by Crippen LogP contribution is -2.28. The molecule has 0 heteroatoms. The van der Waals surface area contributed by atoms with Crippen LogP contribution in [0.5, 0.6) is 0 Å². The molecule has 106 valence electrons. The molecule has 0 saturated carbocycles. The van der Waals surface area contributed by atoms with Gasteiger partial charge in [0.1, 0.15) is 0 Å². The minimum atomic E-state index is 0.569. The molecule has 0 aromatic carbocycles. The molecule has 0 aromatic heterocycles. The van der Waals surface area contributed by atoms with E-state index >= 15 is 0 Å². The first-order valence-corrected chi connectivity index (χ1v) is 8.16. The van der Waals surface area contributed by atoms with Gasteiger partial charge in [0, 0.05) is 12.8 Å². The third-order valence-corrected chi connectivity index (χ3v) is 4.87. The predicted octanol–water partition coefficient (Wildman–Crippen LogP) is 6.20. The van der Waals surface area contributed by atoms with Gasteiger partial charge in [-0.05, 0) is 24.2 Å². The first-order chi connectivity index (χ1) is 8.70. The van der Waals surface area contributed by atoms with Gasteiger partial charge in [-0.1, -0.05) is 66.7 Å². The first-order valence-electron chi connectivity index (χ1n) is 8.16. The Labute approximate surface area is 116 Å². The van der Waals surface area contributed by atoms with Crippen LogP contribution in [0.1, 0.15) is 92.4 Å². The average molecular weight is 250 g/mol. The van der Waals surface area contributed by atoms with Crippen molar-refractivity contribution >= 4 is 0 Å². The maximum Gasteiger partial charge on any atom is 0.00915 e. The molecular formula is C18H34. The van der Waals surface area contributed by atoms with Crippen LogP contribution >= 0.6 is 0 Å². The Kier molecular flexibility index (Phi) is 10.2. The second-order valence-electron chi connectivity index (χ2n) is 5.52. The Morgan fingerprint density at radius 2 is 1.39 bits per heavy atom. The zero-order chi connectivity index (χ0) is 13.9. The van der Waals surface area contributed by atoms with Crippen LogP contribution in [0.15, 0.2) is 0 Å². The molecule has 0 aliphatic rings. The van der Waals surface area contributed by atoms with Crippen LogP contribution in [0.25, 0.3) is 0 Å². The van der Waals surface area contributed by atoms with Gasteiger partial charge in [-0.2, -0.15) is 0 Å². The third-order valence-electron chi connectivity index (χ3n) is 4.87. The number of hydrogen-bond donors (Lipinski definition) is 0. The average Bonchev–Trinajstić information content (AvgIpc) is 2.42. The molecule has 0 bridgehead atoms. The first kappa shape index (κ1) is 17.6. The van der Waals surface area contributed by atoms with E-state index in [1.54, 1.807) is 0 Å². The molecule has 0 fully saturated rings. The van der Waals surface area contributed by atoms with E-state index in [4.69, 9.17) is 0 Å². The number of unbranched alkanes of at least 4 members (excludes halogenated alkanes) is 2. The molecule has 18 heavy (non-hydrogen) atoms. The van der Waals surface area contributed by atoms with E-state index < -0.39 is 0 Å². The van der Waals surface area contributed by atoms with E-state index in [-0.39, 0.29) is 0 Å². The van der Waals surface area contributed by atoms with Gasteiger partial charge < -0.3 is 0 Å². The Balaban J connectivity index is 4.27. The fourth-order valence-corrected chi connectivity index (χ4v) is 3.25. The Morgan fingerprint density at radius 1 is 0.833 bits per heavy atom. The normalized spacial score (nSPS) is 12.9. The van der Waals surface area contributed by atoms with Crippen LogP contribution in [0.2, 0.25) is 0 Å². The lowest BCUT2D eigenvalue weighted by molar-refractivity contribution is 0.123. The monoisotopic (exact) mass is 250 g/mol. The second-order valence-corrected chi connectivity index (χ2v) is 5.52. The van der Waals surface area contributed by atoms with Crippen molar-refractivity contribution in [1.82, 2.24) is 0 Å². The van der Waals surface area contributed by atoms with Crippen LogP contribution in [-0.4, -0.2) is 0 Å². The fourth-order valence-electron chi connectivity index (χ4n) is 3.25. The molecule has 0 nitrogen and oxygen atoms in total. The van der Waals surface area contributed by atoms with Gasteiger partial charge >= 0.3 is 0 Å². The molecule has 0 aliphatic carbocycles. The third kappa shape index (κ3) is 5.47. The summed E-state index contributed by atoms with van der Waals surface area (Å²) in [6.45, 7) is 11.7. The van der Waals surface area contributed by atoms with Gasteiger partial charge in [0.25, 0.3) is 0 Å². The Morgan fingerprint density at radius 3 is 1.83 bits per heavy atom. The van der Waals surface area contributed by atoms with Crippen molar-refractivity contribution in [2.45, 2.75) is 92.4 Å². The van der Waals surface area contributed by atoms with E-state index in [1.807, 2.05) is 0 Å². The lowest BCUT2D eigenvalue weighted by Gasteiger charge is -2.38. The number of hydrogen-bond acceptors (Lipinski definition) is 0.